The Bertz CT molecular complexity index is 819. The topological polar surface area (TPSA) is 112 Å². The standard InChI is InChI=1S/C15H19N3O4S/c1-15(2,3)13-12(9-16-18-13)23(21,22)17-8-10-5-4-6-11(7-10)14(19)20/h4-7,9,17H,8H2,1-3H3,(H,16,18)(H,19,20). The van der Waals surface area contributed by atoms with Crippen molar-refractivity contribution in [3.05, 3.63) is 47.3 Å². The van der Waals surface area contributed by atoms with E-state index in [9.17, 15) is 13.2 Å². The Labute approximate surface area is 134 Å². The molecule has 0 aliphatic heterocycles. The highest BCUT2D eigenvalue weighted by atomic mass is 32.2. The Morgan fingerprint density at radius 3 is 2.65 bits per heavy atom. The van der Waals surface area contributed by atoms with Crippen LogP contribution in [-0.2, 0) is 22.0 Å². The van der Waals surface area contributed by atoms with Gasteiger partial charge in [-0.05, 0) is 17.7 Å². The molecular weight excluding hydrogens is 318 g/mol. The van der Waals surface area contributed by atoms with Gasteiger partial charge in [0.15, 0.2) is 0 Å². The number of carboxylic acid groups (broad SMARTS) is 1. The average Bonchev–Trinajstić information content (AvgIpc) is 2.96. The van der Waals surface area contributed by atoms with Gasteiger partial charge in [-0.15, -0.1) is 0 Å². The summed E-state index contributed by atoms with van der Waals surface area (Å²) in [6.45, 7) is 5.65. The molecule has 0 saturated carbocycles. The van der Waals surface area contributed by atoms with Gasteiger partial charge in [0, 0.05) is 12.0 Å². The molecule has 0 atom stereocenters. The lowest BCUT2D eigenvalue weighted by molar-refractivity contribution is 0.0696. The molecule has 8 heteroatoms. The molecule has 0 saturated heterocycles. The molecule has 0 spiro atoms. The van der Waals surface area contributed by atoms with E-state index in [1.807, 2.05) is 20.8 Å². The third kappa shape index (κ3) is 3.96. The van der Waals surface area contributed by atoms with Gasteiger partial charge in [-0.1, -0.05) is 32.9 Å². The number of H-pyrrole nitrogens is 1. The molecule has 0 fully saturated rings. The van der Waals surface area contributed by atoms with Crippen LogP contribution in [-0.4, -0.2) is 29.7 Å². The molecule has 2 rings (SSSR count). The maximum Gasteiger partial charge on any atom is 0.335 e. The van der Waals surface area contributed by atoms with Crippen LogP contribution in [0.1, 0.15) is 42.4 Å². The van der Waals surface area contributed by atoms with Gasteiger partial charge in [0.25, 0.3) is 0 Å². The van der Waals surface area contributed by atoms with Crippen molar-refractivity contribution in [3.8, 4) is 0 Å². The monoisotopic (exact) mass is 337 g/mol. The van der Waals surface area contributed by atoms with Gasteiger partial charge in [-0.25, -0.2) is 17.9 Å². The van der Waals surface area contributed by atoms with E-state index in [1.165, 1.54) is 18.3 Å². The number of sulfonamides is 1. The van der Waals surface area contributed by atoms with Crippen LogP contribution >= 0.6 is 0 Å². The van der Waals surface area contributed by atoms with Crippen LogP contribution in [0.15, 0.2) is 35.4 Å². The van der Waals surface area contributed by atoms with Crippen molar-refractivity contribution in [1.29, 1.82) is 0 Å². The Morgan fingerprint density at radius 2 is 2.04 bits per heavy atom. The van der Waals surface area contributed by atoms with Gasteiger partial charge >= 0.3 is 5.97 Å². The summed E-state index contributed by atoms with van der Waals surface area (Å²) in [5.41, 5.74) is 0.794. The van der Waals surface area contributed by atoms with Crippen molar-refractivity contribution in [2.75, 3.05) is 0 Å². The number of hydrogen-bond acceptors (Lipinski definition) is 4. The summed E-state index contributed by atoms with van der Waals surface area (Å²) >= 11 is 0. The van der Waals surface area contributed by atoms with E-state index < -0.39 is 21.4 Å². The SMILES string of the molecule is CC(C)(C)c1[nH]ncc1S(=O)(=O)NCc1cccc(C(=O)O)c1. The van der Waals surface area contributed by atoms with Crippen molar-refractivity contribution < 1.29 is 18.3 Å². The van der Waals surface area contributed by atoms with Crippen LogP contribution in [0.5, 0.6) is 0 Å². The first-order valence-electron chi connectivity index (χ1n) is 6.97. The lowest BCUT2D eigenvalue weighted by Gasteiger charge is -2.18. The molecule has 124 valence electrons. The largest absolute Gasteiger partial charge is 0.478 e. The zero-order valence-corrected chi connectivity index (χ0v) is 13.9. The molecule has 3 N–H and O–H groups in total. The van der Waals surface area contributed by atoms with Gasteiger partial charge in [0.1, 0.15) is 4.90 Å². The predicted octanol–water partition coefficient (Wildman–Crippen LogP) is 1.88. The summed E-state index contributed by atoms with van der Waals surface area (Å²) in [4.78, 5) is 11.0. The number of aromatic amines is 1. The second-order valence-electron chi connectivity index (χ2n) is 6.19. The first-order valence-corrected chi connectivity index (χ1v) is 8.45. The fourth-order valence-corrected chi connectivity index (χ4v) is 3.41. The fraction of sp³-hybridized carbons (Fsp3) is 0.333. The average molecular weight is 337 g/mol. The third-order valence-electron chi connectivity index (χ3n) is 3.28. The fourth-order valence-electron chi connectivity index (χ4n) is 2.09. The highest BCUT2D eigenvalue weighted by molar-refractivity contribution is 7.89. The number of nitrogens with zero attached hydrogens (tertiary/aromatic N) is 1. The molecular formula is C15H19N3O4S. The van der Waals surface area contributed by atoms with E-state index in [2.05, 4.69) is 14.9 Å². The van der Waals surface area contributed by atoms with Gasteiger partial charge in [0.05, 0.1) is 17.5 Å². The lowest BCUT2D eigenvalue weighted by atomic mass is 9.92. The molecule has 1 aromatic heterocycles. The van der Waals surface area contributed by atoms with Crippen LogP contribution in [0.4, 0.5) is 0 Å². The highest BCUT2D eigenvalue weighted by Gasteiger charge is 2.27. The lowest BCUT2D eigenvalue weighted by Crippen LogP contribution is -2.26. The van der Waals surface area contributed by atoms with Crippen molar-refractivity contribution in [2.24, 2.45) is 0 Å². The number of aromatic carboxylic acids is 1. The first kappa shape index (κ1) is 17.2. The number of hydrogen-bond donors (Lipinski definition) is 3. The van der Waals surface area contributed by atoms with Crippen LogP contribution in [0.3, 0.4) is 0 Å². The van der Waals surface area contributed by atoms with Gasteiger partial charge in [0.2, 0.25) is 10.0 Å². The molecule has 2 aromatic rings. The van der Waals surface area contributed by atoms with Crippen molar-refractivity contribution in [2.45, 2.75) is 37.6 Å². The molecule has 23 heavy (non-hydrogen) atoms. The maximum absolute atomic E-state index is 12.5. The van der Waals surface area contributed by atoms with E-state index in [0.717, 1.165) is 0 Å². The van der Waals surface area contributed by atoms with E-state index in [1.54, 1.807) is 12.1 Å². The van der Waals surface area contributed by atoms with Crippen molar-refractivity contribution in [3.63, 3.8) is 0 Å². The predicted molar refractivity (Wildman–Crippen MR) is 84.7 cm³/mol. The zero-order valence-electron chi connectivity index (χ0n) is 13.1. The van der Waals surface area contributed by atoms with Crippen LogP contribution in [0.2, 0.25) is 0 Å². The summed E-state index contributed by atoms with van der Waals surface area (Å²) in [6, 6.07) is 6.12. The van der Waals surface area contributed by atoms with Gasteiger partial charge < -0.3 is 5.11 Å². The zero-order chi connectivity index (χ0) is 17.3. The maximum atomic E-state index is 12.5. The minimum Gasteiger partial charge on any atom is -0.478 e. The molecule has 0 radical (unpaired) electrons. The summed E-state index contributed by atoms with van der Waals surface area (Å²) in [5.74, 6) is -1.06. The summed E-state index contributed by atoms with van der Waals surface area (Å²) in [5, 5.41) is 15.5. The number of benzene rings is 1. The minimum absolute atomic E-state index is 0.00177. The Balaban J connectivity index is 2.22. The summed E-state index contributed by atoms with van der Waals surface area (Å²) in [7, 11) is -3.75. The number of carbonyl (C=O) groups is 1. The van der Waals surface area contributed by atoms with Crippen LogP contribution in [0, 0.1) is 0 Å². The minimum atomic E-state index is -3.75. The Kier molecular flexibility index (Phi) is 4.58. The number of rotatable bonds is 5. The third-order valence-corrected chi connectivity index (χ3v) is 4.70. The molecule has 1 heterocycles. The Hall–Kier alpha value is -2.19. The molecule has 1 aromatic carbocycles. The number of nitrogens with one attached hydrogen (secondary N) is 2. The van der Waals surface area contributed by atoms with Gasteiger partial charge in [-0.2, -0.15) is 5.10 Å². The van der Waals surface area contributed by atoms with E-state index in [0.29, 0.717) is 11.3 Å². The quantitative estimate of drug-likeness (QED) is 0.771. The summed E-state index contributed by atoms with van der Waals surface area (Å²) in [6.07, 6.45) is 1.27. The normalized spacial score (nSPS) is 12.3. The molecule has 7 nitrogen and oxygen atoms in total. The Morgan fingerprint density at radius 1 is 1.35 bits per heavy atom. The van der Waals surface area contributed by atoms with Crippen LogP contribution < -0.4 is 4.72 Å². The summed E-state index contributed by atoms with van der Waals surface area (Å²) < 4.78 is 27.4. The van der Waals surface area contributed by atoms with Crippen molar-refractivity contribution >= 4 is 16.0 Å². The van der Waals surface area contributed by atoms with E-state index >= 15 is 0 Å². The number of aromatic nitrogens is 2. The smallest absolute Gasteiger partial charge is 0.335 e. The van der Waals surface area contributed by atoms with E-state index in [-0.39, 0.29) is 17.0 Å². The molecule has 0 unspecified atom stereocenters. The van der Waals surface area contributed by atoms with E-state index in [4.69, 9.17) is 5.11 Å². The second kappa shape index (κ2) is 6.13. The molecule has 0 aliphatic rings. The van der Waals surface area contributed by atoms with Gasteiger partial charge in [-0.3, -0.25) is 5.10 Å². The molecule has 0 amide bonds. The first-order chi connectivity index (χ1) is 10.6. The van der Waals surface area contributed by atoms with Crippen molar-refractivity contribution in [1.82, 2.24) is 14.9 Å². The molecule has 0 bridgehead atoms. The number of carboxylic acids is 1. The highest BCUT2D eigenvalue weighted by Crippen LogP contribution is 2.26. The molecule has 0 aliphatic carbocycles. The second-order valence-corrected chi connectivity index (χ2v) is 7.92. The van der Waals surface area contributed by atoms with Crippen LogP contribution in [0.25, 0.3) is 0 Å².